The van der Waals surface area contributed by atoms with Gasteiger partial charge in [-0.3, -0.25) is 4.90 Å². The van der Waals surface area contributed by atoms with Crippen LogP contribution in [0.15, 0.2) is 29.4 Å². The molecule has 3 aromatic rings. The van der Waals surface area contributed by atoms with Gasteiger partial charge in [0.1, 0.15) is 23.3 Å². The molecule has 2 aliphatic rings. The van der Waals surface area contributed by atoms with Crippen LogP contribution in [0, 0.1) is 11.3 Å². The van der Waals surface area contributed by atoms with Crippen LogP contribution in [0.2, 0.25) is 0 Å². The number of aromatic amines is 1. The van der Waals surface area contributed by atoms with E-state index in [1.54, 1.807) is 25.3 Å². The van der Waals surface area contributed by atoms with E-state index in [0.29, 0.717) is 30.6 Å². The van der Waals surface area contributed by atoms with Gasteiger partial charge >= 0.3 is 0 Å². The molecule has 1 aliphatic carbocycles. The van der Waals surface area contributed by atoms with E-state index < -0.39 is 15.6 Å². The minimum atomic E-state index is -3.81. The summed E-state index contributed by atoms with van der Waals surface area (Å²) in [5, 5.41) is 11.0. The highest BCUT2D eigenvalue weighted by molar-refractivity contribution is 7.89. The van der Waals surface area contributed by atoms with E-state index in [1.165, 1.54) is 6.33 Å². The van der Waals surface area contributed by atoms with Crippen LogP contribution < -0.4 is 9.62 Å². The number of methoxy groups -OCH3 is 1. The lowest BCUT2D eigenvalue weighted by Crippen LogP contribution is -2.53. The summed E-state index contributed by atoms with van der Waals surface area (Å²) in [6.07, 6.45) is 2.59. The molecular formula is C21H25N7O3S. The Morgan fingerprint density at radius 3 is 2.88 bits per heavy atom. The van der Waals surface area contributed by atoms with E-state index in [9.17, 15) is 13.7 Å². The number of anilines is 1. The molecule has 1 aliphatic heterocycles. The van der Waals surface area contributed by atoms with Gasteiger partial charge in [-0.25, -0.2) is 18.4 Å². The minimum Gasteiger partial charge on any atom is -0.383 e. The molecule has 0 radical (unpaired) electrons. The summed E-state index contributed by atoms with van der Waals surface area (Å²) in [7, 11) is -0.00570. The molecule has 2 fully saturated rings. The SMILES string of the molecule is COC[C@H]1CN(c2ncnc3[nH]c4cc(S(=O)(=O)NC5(C#N)CC5)ccc4c23)CCN1C. The molecule has 0 spiro atoms. The molecule has 2 aromatic heterocycles. The van der Waals surface area contributed by atoms with Crippen molar-refractivity contribution in [1.29, 1.82) is 5.26 Å². The lowest BCUT2D eigenvalue weighted by molar-refractivity contribution is 0.0986. The van der Waals surface area contributed by atoms with Crippen molar-refractivity contribution >= 4 is 37.8 Å². The predicted molar refractivity (Wildman–Crippen MR) is 120 cm³/mol. The summed E-state index contributed by atoms with van der Waals surface area (Å²) >= 11 is 0. The summed E-state index contributed by atoms with van der Waals surface area (Å²) in [6, 6.07) is 7.26. The number of likely N-dealkylation sites (N-methyl/N-ethyl adjacent to an activating group) is 1. The summed E-state index contributed by atoms with van der Waals surface area (Å²) in [5.74, 6) is 0.825. The topological polar surface area (TPSA) is 127 Å². The maximum atomic E-state index is 12.8. The largest absolute Gasteiger partial charge is 0.383 e. The van der Waals surface area contributed by atoms with E-state index in [2.05, 4.69) is 42.6 Å². The molecule has 0 amide bonds. The van der Waals surface area contributed by atoms with Gasteiger partial charge in [-0.15, -0.1) is 0 Å². The van der Waals surface area contributed by atoms with Crippen molar-refractivity contribution in [2.45, 2.75) is 29.3 Å². The van der Waals surface area contributed by atoms with Gasteiger partial charge in [0.05, 0.1) is 29.0 Å². The van der Waals surface area contributed by atoms with Crippen LogP contribution in [0.3, 0.4) is 0 Å². The van der Waals surface area contributed by atoms with Crippen LogP contribution in [0.25, 0.3) is 21.9 Å². The summed E-state index contributed by atoms with van der Waals surface area (Å²) in [6.45, 7) is 3.11. The molecule has 1 atom stereocenters. The van der Waals surface area contributed by atoms with E-state index in [4.69, 9.17) is 4.74 Å². The van der Waals surface area contributed by atoms with Gasteiger partial charge < -0.3 is 14.6 Å². The molecule has 32 heavy (non-hydrogen) atoms. The smallest absolute Gasteiger partial charge is 0.242 e. The van der Waals surface area contributed by atoms with Crippen molar-refractivity contribution in [1.82, 2.24) is 24.6 Å². The zero-order valence-corrected chi connectivity index (χ0v) is 18.8. The minimum absolute atomic E-state index is 0.118. The highest BCUT2D eigenvalue weighted by Gasteiger charge is 2.46. The standard InChI is InChI=1S/C21H25N7O3S/c1-27-7-8-28(10-14(27)11-31-2)20-18-16-4-3-15(9-17(16)25-19(18)23-13-24-20)32(29,30)26-21(12-22)5-6-21/h3-4,9,13-14,26H,5-8,10-11H2,1-2H3,(H,23,24,25)/t14-/m1/s1. The number of H-pyrrole nitrogens is 1. The third-order valence-electron chi connectivity index (χ3n) is 6.38. The van der Waals surface area contributed by atoms with Crippen LogP contribution in [-0.2, 0) is 14.8 Å². The molecule has 11 heteroatoms. The number of nitriles is 1. The Balaban J connectivity index is 1.53. The fourth-order valence-corrected chi connectivity index (χ4v) is 5.69. The highest BCUT2D eigenvalue weighted by Crippen LogP contribution is 2.37. The second kappa shape index (κ2) is 7.67. The monoisotopic (exact) mass is 455 g/mol. The maximum absolute atomic E-state index is 12.8. The van der Waals surface area contributed by atoms with Gasteiger partial charge in [0.25, 0.3) is 0 Å². The van der Waals surface area contributed by atoms with Crippen LogP contribution in [0.5, 0.6) is 0 Å². The Labute approximate surface area is 186 Å². The molecule has 1 aromatic carbocycles. The average molecular weight is 456 g/mol. The zero-order chi connectivity index (χ0) is 22.5. The maximum Gasteiger partial charge on any atom is 0.242 e. The van der Waals surface area contributed by atoms with E-state index >= 15 is 0 Å². The Bertz CT molecular complexity index is 1330. The predicted octanol–water partition coefficient (Wildman–Crippen LogP) is 1.21. The third kappa shape index (κ3) is 3.59. The van der Waals surface area contributed by atoms with E-state index in [-0.39, 0.29) is 10.9 Å². The first-order chi connectivity index (χ1) is 15.4. The van der Waals surface area contributed by atoms with Crippen molar-refractivity contribution in [3.8, 4) is 6.07 Å². The number of ether oxygens (including phenoxy) is 1. The second-order valence-corrected chi connectivity index (χ2v) is 10.3. The lowest BCUT2D eigenvalue weighted by atomic mass is 10.1. The number of sulfonamides is 1. The quantitative estimate of drug-likeness (QED) is 0.568. The van der Waals surface area contributed by atoms with E-state index in [1.807, 2.05) is 0 Å². The zero-order valence-electron chi connectivity index (χ0n) is 18.0. The molecule has 1 saturated carbocycles. The number of rotatable bonds is 6. The van der Waals surface area contributed by atoms with Crippen molar-refractivity contribution < 1.29 is 13.2 Å². The number of fused-ring (bicyclic) bond motifs is 3. The van der Waals surface area contributed by atoms with Crippen LogP contribution in [0.4, 0.5) is 5.82 Å². The second-order valence-electron chi connectivity index (χ2n) is 8.59. The highest BCUT2D eigenvalue weighted by atomic mass is 32.2. The van der Waals surface area contributed by atoms with Gasteiger partial charge in [-0.2, -0.15) is 9.98 Å². The van der Waals surface area contributed by atoms with Crippen molar-refractivity contribution in [3.63, 3.8) is 0 Å². The Morgan fingerprint density at radius 1 is 1.34 bits per heavy atom. The molecule has 10 nitrogen and oxygen atoms in total. The van der Waals surface area contributed by atoms with Gasteiger partial charge in [0.2, 0.25) is 10.0 Å². The first-order valence-electron chi connectivity index (χ1n) is 10.5. The molecule has 0 bridgehead atoms. The van der Waals surface area contributed by atoms with Gasteiger partial charge in [-0.1, -0.05) is 6.07 Å². The lowest BCUT2D eigenvalue weighted by Gasteiger charge is -2.39. The Hall–Kier alpha value is -2.78. The fourth-order valence-electron chi connectivity index (χ4n) is 4.29. The molecule has 2 N–H and O–H groups in total. The summed E-state index contributed by atoms with van der Waals surface area (Å²) in [4.78, 5) is 16.8. The molecule has 3 heterocycles. The molecule has 0 unspecified atom stereocenters. The van der Waals surface area contributed by atoms with Gasteiger partial charge in [-0.05, 0) is 32.0 Å². The first-order valence-corrected chi connectivity index (χ1v) is 12.0. The van der Waals surface area contributed by atoms with Crippen molar-refractivity contribution in [2.75, 3.05) is 45.3 Å². The normalized spacial score (nSPS) is 21.2. The number of hydrogen-bond donors (Lipinski definition) is 2. The van der Waals surface area contributed by atoms with Crippen LogP contribution in [-0.4, -0.2) is 80.2 Å². The van der Waals surface area contributed by atoms with Crippen molar-refractivity contribution in [2.24, 2.45) is 0 Å². The number of piperazine rings is 1. The van der Waals surface area contributed by atoms with Gasteiger partial charge in [0.15, 0.2) is 0 Å². The molecule has 1 saturated heterocycles. The Morgan fingerprint density at radius 2 is 2.16 bits per heavy atom. The van der Waals surface area contributed by atoms with Crippen LogP contribution in [0.1, 0.15) is 12.8 Å². The Kier molecular flexibility index (Phi) is 5.05. The number of hydrogen-bond acceptors (Lipinski definition) is 8. The fraction of sp³-hybridized carbons (Fsp3) is 0.476. The van der Waals surface area contributed by atoms with E-state index in [0.717, 1.165) is 36.2 Å². The summed E-state index contributed by atoms with van der Waals surface area (Å²) in [5.41, 5.74) is 0.354. The number of benzene rings is 1. The summed E-state index contributed by atoms with van der Waals surface area (Å²) < 4.78 is 33.6. The third-order valence-corrected chi connectivity index (χ3v) is 7.91. The van der Waals surface area contributed by atoms with Gasteiger partial charge in [0, 0.05) is 37.6 Å². The molecular weight excluding hydrogens is 430 g/mol. The van der Waals surface area contributed by atoms with Crippen LogP contribution >= 0.6 is 0 Å². The number of aromatic nitrogens is 3. The number of nitrogens with zero attached hydrogens (tertiary/aromatic N) is 5. The number of nitrogens with one attached hydrogen (secondary N) is 2. The molecule has 168 valence electrons. The van der Waals surface area contributed by atoms with Crippen molar-refractivity contribution in [3.05, 3.63) is 24.5 Å². The molecule has 5 rings (SSSR count). The first kappa shape index (κ1) is 21.1. The average Bonchev–Trinajstić information content (AvgIpc) is 3.44.